The topological polar surface area (TPSA) is 104 Å². The molecule has 0 unspecified atom stereocenters. The van der Waals surface area contributed by atoms with Crippen molar-refractivity contribution < 1.29 is 18.0 Å². The lowest BCUT2D eigenvalue weighted by atomic mass is 10.2. The van der Waals surface area contributed by atoms with E-state index in [9.17, 15) is 18.0 Å². The average molecular weight is 387 g/mol. The van der Waals surface area contributed by atoms with Crippen LogP contribution in [0.15, 0.2) is 72.1 Å². The van der Waals surface area contributed by atoms with Gasteiger partial charge < -0.3 is 10.6 Å². The minimum atomic E-state index is -3.73. The zero-order valence-electron chi connectivity index (χ0n) is 14.6. The monoisotopic (exact) mass is 387 g/mol. The smallest absolute Gasteiger partial charge is 0.251 e. The third-order valence-electron chi connectivity index (χ3n) is 3.57. The Morgan fingerprint density at radius 3 is 2.44 bits per heavy atom. The molecule has 142 valence electrons. The van der Waals surface area contributed by atoms with Crippen LogP contribution in [-0.4, -0.2) is 33.3 Å². The van der Waals surface area contributed by atoms with Gasteiger partial charge in [-0.2, -0.15) is 0 Å². The van der Waals surface area contributed by atoms with Gasteiger partial charge in [0.25, 0.3) is 5.91 Å². The van der Waals surface area contributed by atoms with Crippen molar-refractivity contribution in [3.63, 3.8) is 0 Å². The van der Waals surface area contributed by atoms with Crippen molar-refractivity contribution in [3.8, 4) is 0 Å². The van der Waals surface area contributed by atoms with Gasteiger partial charge in [0, 0.05) is 18.7 Å². The number of sulfonamides is 1. The zero-order valence-corrected chi connectivity index (χ0v) is 15.5. The first-order chi connectivity index (χ1) is 12.9. The van der Waals surface area contributed by atoms with Crippen LogP contribution in [0.2, 0.25) is 0 Å². The van der Waals surface area contributed by atoms with Gasteiger partial charge in [-0.05, 0) is 23.8 Å². The maximum atomic E-state index is 12.2. The minimum Gasteiger partial charge on any atom is -0.350 e. The highest BCUT2D eigenvalue weighted by atomic mass is 32.2. The molecule has 0 saturated heterocycles. The molecule has 0 aromatic heterocycles. The highest BCUT2D eigenvalue weighted by Gasteiger charge is 2.15. The molecule has 0 heterocycles. The summed E-state index contributed by atoms with van der Waals surface area (Å²) in [7, 11) is -3.73. The Labute approximate surface area is 158 Å². The van der Waals surface area contributed by atoms with Crippen molar-refractivity contribution in [3.05, 3.63) is 78.4 Å². The van der Waals surface area contributed by atoms with Gasteiger partial charge in [0.1, 0.15) is 0 Å². The second-order valence-corrected chi connectivity index (χ2v) is 7.38. The summed E-state index contributed by atoms with van der Waals surface area (Å²) < 4.78 is 26.5. The Balaban J connectivity index is 1.91. The van der Waals surface area contributed by atoms with Crippen LogP contribution in [0.3, 0.4) is 0 Å². The largest absolute Gasteiger partial charge is 0.350 e. The molecule has 0 aliphatic heterocycles. The van der Waals surface area contributed by atoms with E-state index < -0.39 is 15.9 Å². The molecule has 3 N–H and O–H groups in total. The number of benzene rings is 2. The Hall–Kier alpha value is -2.97. The molecule has 0 fully saturated rings. The molecule has 0 aliphatic rings. The molecule has 2 rings (SSSR count). The minimum absolute atomic E-state index is 0.0365. The van der Waals surface area contributed by atoms with E-state index in [1.165, 1.54) is 30.3 Å². The van der Waals surface area contributed by atoms with Crippen molar-refractivity contribution >= 4 is 21.8 Å². The van der Waals surface area contributed by atoms with Gasteiger partial charge in [0.2, 0.25) is 15.9 Å². The van der Waals surface area contributed by atoms with Crippen molar-refractivity contribution in [1.29, 1.82) is 0 Å². The normalized spacial score (nSPS) is 10.8. The van der Waals surface area contributed by atoms with Gasteiger partial charge in [0.05, 0.1) is 11.4 Å². The first kappa shape index (κ1) is 20.3. The second kappa shape index (κ2) is 9.65. The summed E-state index contributed by atoms with van der Waals surface area (Å²) >= 11 is 0. The summed E-state index contributed by atoms with van der Waals surface area (Å²) in [4.78, 5) is 24.0. The van der Waals surface area contributed by atoms with Crippen LogP contribution < -0.4 is 15.4 Å². The predicted molar refractivity (Wildman–Crippen MR) is 102 cm³/mol. The number of nitrogens with one attached hydrogen (secondary N) is 3. The first-order valence-electron chi connectivity index (χ1n) is 8.22. The van der Waals surface area contributed by atoms with Gasteiger partial charge >= 0.3 is 0 Å². The Bertz CT molecular complexity index is 912. The summed E-state index contributed by atoms with van der Waals surface area (Å²) in [5, 5.41) is 5.17. The molecule has 0 radical (unpaired) electrons. The maximum Gasteiger partial charge on any atom is 0.251 e. The van der Waals surface area contributed by atoms with Gasteiger partial charge in [-0.15, -0.1) is 6.58 Å². The standard InChI is InChI=1S/C19H21N3O4S/c1-2-11-22-27(25,26)17-10-6-9-16(12-17)19(24)21-14-18(23)20-13-15-7-4-3-5-8-15/h2-10,12,22H,1,11,13-14H2,(H,20,23)(H,21,24). The summed E-state index contributed by atoms with van der Waals surface area (Å²) in [6.07, 6.45) is 1.42. The van der Waals surface area contributed by atoms with Crippen molar-refractivity contribution in [2.75, 3.05) is 13.1 Å². The van der Waals surface area contributed by atoms with E-state index in [1.54, 1.807) is 0 Å². The van der Waals surface area contributed by atoms with E-state index in [0.29, 0.717) is 6.54 Å². The third-order valence-corrected chi connectivity index (χ3v) is 4.99. The third kappa shape index (κ3) is 6.36. The SMILES string of the molecule is C=CCNS(=O)(=O)c1cccc(C(=O)NCC(=O)NCc2ccccc2)c1. The number of rotatable bonds is 9. The van der Waals surface area contributed by atoms with Crippen LogP contribution in [0.5, 0.6) is 0 Å². The van der Waals surface area contributed by atoms with Crippen LogP contribution in [-0.2, 0) is 21.4 Å². The fraction of sp³-hybridized carbons (Fsp3) is 0.158. The fourth-order valence-electron chi connectivity index (χ4n) is 2.18. The van der Waals surface area contributed by atoms with E-state index >= 15 is 0 Å². The highest BCUT2D eigenvalue weighted by molar-refractivity contribution is 7.89. The average Bonchev–Trinajstić information content (AvgIpc) is 2.69. The highest BCUT2D eigenvalue weighted by Crippen LogP contribution is 2.11. The van der Waals surface area contributed by atoms with E-state index in [4.69, 9.17) is 0 Å². The molecule has 0 bridgehead atoms. The quantitative estimate of drug-likeness (QED) is 0.562. The van der Waals surface area contributed by atoms with E-state index in [1.807, 2.05) is 30.3 Å². The van der Waals surface area contributed by atoms with Crippen LogP contribution in [0, 0.1) is 0 Å². The van der Waals surface area contributed by atoms with Gasteiger partial charge in [-0.3, -0.25) is 9.59 Å². The van der Waals surface area contributed by atoms with E-state index in [-0.39, 0.29) is 29.5 Å². The van der Waals surface area contributed by atoms with Crippen LogP contribution in [0.4, 0.5) is 0 Å². The van der Waals surface area contributed by atoms with Crippen LogP contribution >= 0.6 is 0 Å². The number of amides is 2. The molecular weight excluding hydrogens is 366 g/mol. The number of hydrogen-bond donors (Lipinski definition) is 3. The van der Waals surface area contributed by atoms with E-state index in [0.717, 1.165) is 5.56 Å². The summed E-state index contributed by atoms with van der Waals surface area (Å²) in [5.41, 5.74) is 1.09. The molecule has 8 heteroatoms. The summed E-state index contributed by atoms with van der Waals surface area (Å²) in [5.74, 6) is -0.880. The molecule has 0 saturated carbocycles. The van der Waals surface area contributed by atoms with Crippen molar-refractivity contribution in [1.82, 2.24) is 15.4 Å². The summed E-state index contributed by atoms with van der Waals surface area (Å²) in [6.45, 7) is 3.68. The van der Waals surface area contributed by atoms with Crippen LogP contribution in [0.25, 0.3) is 0 Å². The molecule has 0 spiro atoms. The lowest BCUT2D eigenvalue weighted by molar-refractivity contribution is -0.120. The van der Waals surface area contributed by atoms with Crippen molar-refractivity contribution in [2.45, 2.75) is 11.4 Å². The molecule has 0 atom stereocenters. The zero-order chi connectivity index (χ0) is 19.7. The lowest BCUT2D eigenvalue weighted by Gasteiger charge is -2.09. The van der Waals surface area contributed by atoms with Gasteiger partial charge in [0.15, 0.2) is 0 Å². The number of carbonyl (C=O) groups is 2. The molecule has 2 amide bonds. The Morgan fingerprint density at radius 2 is 1.74 bits per heavy atom. The fourth-order valence-corrected chi connectivity index (χ4v) is 3.22. The Morgan fingerprint density at radius 1 is 1.00 bits per heavy atom. The molecule has 2 aromatic rings. The maximum absolute atomic E-state index is 12.2. The van der Waals surface area contributed by atoms with Gasteiger partial charge in [-0.1, -0.05) is 42.5 Å². The summed E-state index contributed by atoms with van der Waals surface area (Å²) in [6, 6.07) is 15.0. The first-order valence-corrected chi connectivity index (χ1v) is 9.70. The molecule has 0 aliphatic carbocycles. The lowest BCUT2D eigenvalue weighted by Crippen LogP contribution is -2.36. The molecule has 7 nitrogen and oxygen atoms in total. The number of carbonyl (C=O) groups excluding carboxylic acids is 2. The Kier molecular flexibility index (Phi) is 7.27. The number of hydrogen-bond acceptors (Lipinski definition) is 4. The molecule has 27 heavy (non-hydrogen) atoms. The predicted octanol–water partition coefficient (Wildman–Crippen LogP) is 1.20. The van der Waals surface area contributed by atoms with Crippen molar-refractivity contribution in [2.24, 2.45) is 0 Å². The second-order valence-electron chi connectivity index (χ2n) is 5.61. The molecular formula is C19H21N3O4S. The van der Waals surface area contributed by atoms with Gasteiger partial charge in [-0.25, -0.2) is 13.1 Å². The van der Waals surface area contributed by atoms with E-state index in [2.05, 4.69) is 21.9 Å². The van der Waals surface area contributed by atoms with Crippen LogP contribution in [0.1, 0.15) is 15.9 Å². The molecule has 2 aromatic carbocycles.